The largest absolute Gasteiger partial charge is 0.309 e. The van der Waals surface area contributed by atoms with Crippen LogP contribution in [0.2, 0.25) is 0 Å². The van der Waals surface area contributed by atoms with E-state index in [0.29, 0.717) is 0 Å². The van der Waals surface area contributed by atoms with Crippen molar-refractivity contribution < 1.29 is 0 Å². The van der Waals surface area contributed by atoms with Crippen LogP contribution in [0.1, 0.15) is 0 Å². The average molecular weight is 773 g/mol. The lowest BCUT2D eigenvalue weighted by Gasteiger charge is -2.13. The lowest BCUT2D eigenvalue weighted by molar-refractivity contribution is 1.18. The topological polar surface area (TPSA) is 9.86 Å². The fourth-order valence-electron chi connectivity index (χ4n) is 9.63. The van der Waals surface area contributed by atoms with Gasteiger partial charge in [0.15, 0.2) is 0 Å². The van der Waals surface area contributed by atoms with Crippen molar-refractivity contribution in [1.82, 2.24) is 9.13 Å². The second-order valence-corrected chi connectivity index (χ2v) is 17.3. The maximum Gasteiger partial charge on any atom is 0.0547 e. The van der Waals surface area contributed by atoms with Crippen LogP contribution in [0.5, 0.6) is 0 Å². The number of rotatable bonds is 4. The number of hydrogen-bond acceptors (Lipinski definition) is 2. The van der Waals surface area contributed by atoms with E-state index in [1.54, 1.807) is 0 Å². The van der Waals surface area contributed by atoms with Gasteiger partial charge >= 0.3 is 0 Å². The van der Waals surface area contributed by atoms with Crippen LogP contribution < -0.4 is 0 Å². The van der Waals surface area contributed by atoms with Gasteiger partial charge in [0, 0.05) is 84.4 Å². The Morgan fingerprint density at radius 1 is 0.293 bits per heavy atom. The summed E-state index contributed by atoms with van der Waals surface area (Å²) in [5.41, 5.74) is 12.2. The molecule has 0 unspecified atom stereocenters. The zero-order valence-electron chi connectivity index (χ0n) is 31.2. The van der Waals surface area contributed by atoms with Gasteiger partial charge in [-0.3, -0.25) is 0 Å². The summed E-state index contributed by atoms with van der Waals surface area (Å²) in [6, 6.07) is 71.8. The van der Waals surface area contributed by atoms with Gasteiger partial charge in [-0.05, 0) is 77.9 Å². The number of fused-ring (bicyclic) bond motifs is 12. The summed E-state index contributed by atoms with van der Waals surface area (Å²) in [4.78, 5) is 0. The van der Waals surface area contributed by atoms with Crippen molar-refractivity contribution in [3.05, 3.63) is 194 Å². The third-order valence-electron chi connectivity index (χ3n) is 12.1. The highest BCUT2D eigenvalue weighted by Crippen LogP contribution is 2.48. The van der Waals surface area contributed by atoms with Gasteiger partial charge in [-0.15, -0.1) is 22.7 Å². The molecule has 4 heteroatoms. The molecule has 0 spiro atoms. The predicted molar refractivity (Wildman–Crippen MR) is 252 cm³/mol. The van der Waals surface area contributed by atoms with Crippen LogP contribution >= 0.6 is 22.7 Å². The van der Waals surface area contributed by atoms with Gasteiger partial charge in [0.05, 0.1) is 22.1 Å². The molecule has 4 heterocycles. The molecule has 58 heavy (non-hydrogen) atoms. The fraction of sp³-hybridized carbons (Fsp3) is 0. The van der Waals surface area contributed by atoms with E-state index in [4.69, 9.17) is 0 Å². The van der Waals surface area contributed by atoms with E-state index in [2.05, 4.69) is 203 Å². The molecule has 4 aromatic heterocycles. The molecular formula is C54H32N2S2. The van der Waals surface area contributed by atoms with Crippen molar-refractivity contribution in [1.29, 1.82) is 0 Å². The van der Waals surface area contributed by atoms with Crippen molar-refractivity contribution in [2.75, 3.05) is 0 Å². The number of thiophene rings is 2. The van der Waals surface area contributed by atoms with E-state index < -0.39 is 0 Å². The highest BCUT2D eigenvalue weighted by atomic mass is 32.1. The molecule has 0 bridgehead atoms. The molecular weight excluding hydrogens is 741 g/mol. The van der Waals surface area contributed by atoms with Crippen LogP contribution in [0, 0.1) is 0 Å². The van der Waals surface area contributed by atoms with Crippen molar-refractivity contribution in [3.63, 3.8) is 0 Å². The van der Waals surface area contributed by atoms with Gasteiger partial charge in [-0.1, -0.05) is 127 Å². The van der Waals surface area contributed by atoms with Gasteiger partial charge in [0.1, 0.15) is 0 Å². The Morgan fingerprint density at radius 3 is 1.64 bits per heavy atom. The maximum absolute atomic E-state index is 2.51. The van der Waals surface area contributed by atoms with Gasteiger partial charge in [-0.25, -0.2) is 0 Å². The minimum absolute atomic E-state index is 1.17. The second kappa shape index (κ2) is 12.3. The lowest BCUT2D eigenvalue weighted by atomic mass is 9.98. The minimum atomic E-state index is 1.17. The molecule has 0 aliphatic carbocycles. The standard InChI is InChI=1S/C54H32N2S2/c1-2-14-34(15-3-1)55-46-23-8-4-16-37(46)43-30-33(28-29-48(43)55)36-20-13-25-49-52(36)42-19-5-9-24-47(42)56(49)35-31-44-39-18-7-11-27-51(39)58-54(44)45(32-35)41-22-12-21-40-38-17-6-10-26-50(38)57-53(40)41/h1-32H. The van der Waals surface area contributed by atoms with Crippen LogP contribution in [0.25, 0.3) is 118 Å². The Balaban J connectivity index is 1.09. The second-order valence-electron chi connectivity index (χ2n) is 15.2. The molecule has 0 atom stereocenters. The van der Waals surface area contributed by atoms with Crippen LogP contribution in [-0.4, -0.2) is 9.13 Å². The van der Waals surface area contributed by atoms with E-state index in [0.717, 1.165) is 0 Å². The summed E-state index contributed by atoms with van der Waals surface area (Å²) < 4.78 is 10.2. The Morgan fingerprint density at radius 2 is 0.845 bits per heavy atom. The minimum Gasteiger partial charge on any atom is -0.309 e. The first kappa shape index (κ1) is 32.1. The summed E-state index contributed by atoms with van der Waals surface area (Å²) in [5.74, 6) is 0. The lowest BCUT2D eigenvalue weighted by Crippen LogP contribution is -1.95. The molecule has 0 aliphatic rings. The molecule has 0 N–H and O–H groups in total. The zero-order valence-corrected chi connectivity index (χ0v) is 32.8. The molecule has 2 nitrogen and oxygen atoms in total. The summed E-state index contributed by atoms with van der Waals surface area (Å²) in [7, 11) is 0. The third-order valence-corrected chi connectivity index (χ3v) is 14.6. The normalized spacial score (nSPS) is 12.1. The van der Waals surface area contributed by atoms with E-state index >= 15 is 0 Å². The average Bonchev–Trinajstić information content (AvgIpc) is 4.04. The predicted octanol–water partition coefficient (Wildman–Crippen LogP) is 16.0. The Bertz CT molecular complexity index is 3800. The summed E-state index contributed by atoms with van der Waals surface area (Å²) in [6.07, 6.45) is 0. The quantitative estimate of drug-likeness (QED) is 0.169. The third kappa shape index (κ3) is 4.53. The highest BCUT2D eigenvalue weighted by molar-refractivity contribution is 7.27. The van der Waals surface area contributed by atoms with Gasteiger partial charge < -0.3 is 9.13 Å². The Hall–Kier alpha value is -6.98. The molecule has 0 saturated carbocycles. The first-order valence-corrected chi connectivity index (χ1v) is 21.4. The zero-order chi connectivity index (χ0) is 37.9. The number of benzene rings is 9. The number of hydrogen-bond donors (Lipinski definition) is 0. The fourth-order valence-corrected chi connectivity index (χ4v) is 12.1. The highest BCUT2D eigenvalue weighted by Gasteiger charge is 2.21. The van der Waals surface area contributed by atoms with E-state index in [1.165, 1.54) is 118 Å². The van der Waals surface area contributed by atoms with Crippen LogP contribution in [0.3, 0.4) is 0 Å². The van der Waals surface area contributed by atoms with Gasteiger partial charge in [-0.2, -0.15) is 0 Å². The van der Waals surface area contributed by atoms with Crippen LogP contribution in [0.15, 0.2) is 194 Å². The molecule has 270 valence electrons. The van der Waals surface area contributed by atoms with Crippen LogP contribution in [0.4, 0.5) is 0 Å². The smallest absolute Gasteiger partial charge is 0.0547 e. The van der Waals surface area contributed by atoms with E-state index in [1.807, 2.05) is 22.7 Å². The summed E-state index contributed by atoms with van der Waals surface area (Å²) >= 11 is 3.81. The SMILES string of the molecule is c1ccc(-n2c3ccccc3c3cc(-c4cccc5c4c4ccccc4n5-c4cc(-c5cccc6c5sc5ccccc56)c5sc6ccccc6c5c4)ccc32)cc1. The summed E-state index contributed by atoms with van der Waals surface area (Å²) in [6.45, 7) is 0. The van der Waals surface area contributed by atoms with E-state index in [-0.39, 0.29) is 0 Å². The van der Waals surface area contributed by atoms with E-state index in [9.17, 15) is 0 Å². The van der Waals surface area contributed by atoms with Crippen molar-refractivity contribution in [2.45, 2.75) is 0 Å². The molecule has 13 rings (SSSR count). The maximum atomic E-state index is 2.51. The Labute approximate surface area is 341 Å². The first-order chi connectivity index (χ1) is 28.8. The van der Waals surface area contributed by atoms with Crippen molar-refractivity contribution in [2.24, 2.45) is 0 Å². The number of nitrogens with zero attached hydrogens (tertiary/aromatic N) is 2. The van der Waals surface area contributed by atoms with Gasteiger partial charge in [0.2, 0.25) is 0 Å². The molecule has 0 radical (unpaired) electrons. The number of aromatic nitrogens is 2. The molecule has 0 amide bonds. The van der Waals surface area contributed by atoms with Crippen molar-refractivity contribution >= 4 is 107 Å². The first-order valence-electron chi connectivity index (χ1n) is 19.8. The summed E-state index contributed by atoms with van der Waals surface area (Å²) in [5, 5.41) is 10.3. The van der Waals surface area contributed by atoms with Crippen LogP contribution in [-0.2, 0) is 0 Å². The number of para-hydroxylation sites is 3. The molecule has 13 aromatic rings. The van der Waals surface area contributed by atoms with Crippen molar-refractivity contribution in [3.8, 4) is 33.6 Å². The Kier molecular flexibility index (Phi) is 6.79. The van der Waals surface area contributed by atoms with Gasteiger partial charge in [0.25, 0.3) is 0 Å². The molecule has 0 fully saturated rings. The monoisotopic (exact) mass is 772 g/mol. The molecule has 0 saturated heterocycles. The molecule has 9 aromatic carbocycles. The molecule has 0 aliphatic heterocycles.